The average Bonchev–Trinajstić information content (AvgIpc) is 2.87. The number of aromatic nitrogens is 2. The summed E-state index contributed by atoms with van der Waals surface area (Å²) in [5, 5.41) is 22.2. The zero-order valence-electron chi connectivity index (χ0n) is 13.3. The van der Waals surface area contributed by atoms with Crippen molar-refractivity contribution in [3.63, 3.8) is 0 Å². The number of methoxy groups -OCH3 is 1. The number of hydrogen-bond donors (Lipinski definition) is 2. The molecule has 0 radical (unpaired) electrons. The van der Waals surface area contributed by atoms with Crippen LogP contribution in [-0.2, 0) is 29.5 Å². The van der Waals surface area contributed by atoms with E-state index in [0.717, 1.165) is 4.57 Å². The lowest BCUT2D eigenvalue weighted by Gasteiger charge is -2.22. The highest BCUT2D eigenvalue weighted by Gasteiger charge is 2.46. The van der Waals surface area contributed by atoms with Gasteiger partial charge in [-0.1, -0.05) is 0 Å². The smallest absolute Gasteiger partial charge is 0.472 e. The highest BCUT2D eigenvalue weighted by Crippen LogP contribution is 2.44. The molecule has 5 atom stereocenters. The highest BCUT2D eigenvalue weighted by atomic mass is 31.2. The van der Waals surface area contributed by atoms with Crippen LogP contribution in [0.4, 0.5) is 0 Å². The highest BCUT2D eigenvalue weighted by molar-refractivity contribution is 7.47. The molecule has 11 nitrogen and oxygen atoms in total. The summed E-state index contributed by atoms with van der Waals surface area (Å²) in [6.07, 6.45) is -2.58. The van der Waals surface area contributed by atoms with Gasteiger partial charge in [0.25, 0.3) is 0 Å². The number of phosphoric ester groups is 1. The first-order valence-corrected chi connectivity index (χ1v) is 9.09. The number of aliphatic hydroxyl groups is 1. The maximum Gasteiger partial charge on any atom is 0.472 e. The van der Waals surface area contributed by atoms with Gasteiger partial charge < -0.3 is 24.6 Å². The molecule has 140 valence electrons. The topological polar surface area (TPSA) is 152 Å². The number of aryl methyl sites for hydroxylation is 1. The third-order valence-corrected chi connectivity index (χ3v) is 5.08. The van der Waals surface area contributed by atoms with E-state index < -0.39 is 50.5 Å². The molecule has 1 aromatic rings. The Balaban J connectivity index is 2.02. The average molecular weight is 377 g/mol. The van der Waals surface area contributed by atoms with Crippen LogP contribution in [0.5, 0.6) is 5.88 Å². The molecule has 0 spiro atoms. The second kappa shape index (κ2) is 7.12. The maximum atomic E-state index is 12.1. The minimum absolute atomic E-state index is 0.134. The predicted molar refractivity (Wildman–Crippen MR) is 78.7 cm³/mol. The number of nitrogens with zero attached hydrogens (tertiary/aromatic N) is 2. The van der Waals surface area contributed by atoms with Gasteiger partial charge >= 0.3 is 13.5 Å². The van der Waals surface area contributed by atoms with Crippen molar-refractivity contribution in [3.05, 3.63) is 22.2 Å². The Morgan fingerprint density at radius 1 is 1.48 bits per heavy atom. The van der Waals surface area contributed by atoms with E-state index in [1.54, 1.807) is 0 Å². The Bertz CT molecular complexity index is 739. The lowest BCUT2D eigenvalue weighted by Crippen LogP contribution is -2.38. The van der Waals surface area contributed by atoms with Crippen molar-refractivity contribution in [1.29, 1.82) is 0 Å². The first-order chi connectivity index (χ1) is 11.8. The normalized spacial score (nSPS) is 36.3. The van der Waals surface area contributed by atoms with E-state index in [1.165, 1.54) is 13.3 Å². The van der Waals surface area contributed by atoms with Crippen LogP contribution in [0.1, 0.15) is 18.2 Å². The van der Waals surface area contributed by atoms with Gasteiger partial charge in [-0.3, -0.25) is 13.6 Å². The largest absolute Gasteiger partial charge is 0.858 e. The summed E-state index contributed by atoms with van der Waals surface area (Å²) < 4.78 is 33.3. The predicted octanol–water partition coefficient (Wildman–Crippen LogP) is -1.33. The molecule has 3 rings (SSSR count). The van der Waals surface area contributed by atoms with Gasteiger partial charge in [0.1, 0.15) is 18.3 Å². The van der Waals surface area contributed by atoms with Crippen molar-refractivity contribution in [3.8, 4) is 5.88 Å². The van der Waals surface area contributed by atoms with Crippen LogP contribution < -0.4 is 10.8 Å². The number of ether oxygens (including phenoxy) is 2. The first-order valence-electron chi connectivity index (χ1n) is 7.59. The van der Waals surface area contributed by atoms with E-state index in [9.17, 15) is 24.5 Å². The molecule has 1 fully saturated rings. The van der Waals surface area contributed by atoms with Gasteiger partial charge in [0.15, 0.2) is 6.23 Å². The zero-order valence-corrected chi connectivity index (χ0v) is 14.2. The van der Waals surface area contributed by atoms with E-state index in [0.29, 0.717) is 0 Å². The molecule has 12 heteroatoms. The van der Waals surface area contributed by atoms with Crippen LogP contribution in [0.2, 0.25) is 0 Å². The van der Waals surface area contributed by atoms with E-state index in [1.807, 2.05) is 0 Å². The molecule has 1 saturated heterocycles. The van der Waals surface area contributed by atoms with Crippen molar-refractivity contribution in [2.24, 2.45) is 0 Å². The van der Waals surface area contributed by atoms with Crippen LogP contribution in [-0.4, -0.2) is 58.2 Å². The molecular weight excluding hydrogens is 359 g/mol. The molecule has 25 heavy (non-hydrogen) atoms. The van der Waals surface area contributed by atoms with Crippen LogP contribution >= 0.6 is 7.82 Å². The molecule has 2 N–H and O–H groups in total. The molecule has 1 aromatic heterocycles. The molecule has 1 unspecified atom stereocenters. The van der Waals surface area contributed by atoms with Gasteiger partial charge in [-0.15, -0.1) is 0 Å². The van der Waals surface area contributed by atoms with Crippen molar-refractivity contribution >= 4 is 7.82 Å². The molecule has 0 aliphatic carbocycles. The van der Waals surface area contributed by atoms with Crippen molar-refractivity contribution in [1.82, 2.24) is 9.55 Å². The third kappa shape index (κ3) is 3.77. The monoisotopic (exact) mass is 377 g/mol. The SMILES string of the molecule is CO[C@@H]1[C@H](O)[C@H]2COP(=O)(O)OCCCc3cn(c(=O)nc3[O-])[C@@H]1O2. The Kier molecular flexibility index (Phi) is 5.26. The number of aliphatic hydroxyl groups excluding tert-OH is 1. The summed E-state index contributed by atoms with van der Waals surface area (Å²) in [4.78, 5) is 25.2. The summed E-state index contributed by atoms with van der Waals surface area (Å²) >= 11 is 0. The van der Waals surface area contributed by atoms with Crippen molar-refractivity contribution in [2.45, 2.75) is 37.4 Å². The van der Waals surface area contributed by atoms with E-state index in [2.05, 4.69) is 4.98 Å². The number of hydrogen-bond acceptors (Lipinski definition) is 9. The molecule has 0 aromatic carbocycles. The van der Waals surface area contributed by atoms with Crippen LogP contribution in [0.15, 0.2) is 11.0 Å². The number of fused-ring (bicyclic) bond motifs is 5. The summed E-state index contributed by atoms with van der Waals surface area (Å²) in [6.45, 7) is -0.579. The third-order valence-electron chi connectivity index (χ3n) is 4.09. The number of rotatable bonds is 1. The lowest BCUT2D eigenvalue weighted by atomic mass is 10.1. The van der Waals surface area contributed by atoms with Crippen LogP contribution in [0.3, 0.4) is 0 Å². The minimum atomic E-state index is -4.33. The Morgan fingerprint density at radius 3 is 2.96 bits per heavy atom. The van der Waals surface area contributed by atoms with Gasteiger partial charge in [0.2, 0.25) is 0 Å². The second-order valence-corrected chi connectivity index (χ2v) is 7.17. The van der Waals surface area contributed by atoms with Gasteiger partial charge in [-0.2, -0.15) is 0 Å². The second-order valence-electron chi connectivity index (χ2n) is 5.72. The maximum absolute atomic E-state index is 12.1. The Morgan fingerprint density at radius 2 is 2.24 bits per heavy atom. The molecule has 2 aliphatic rings. The van der Waals surface area contributed by atoms with Crippen molar-refractivity contribution < 1.29 is 38.2 Å². The molecule has 0 saturated carbocycles. The molecule has 3 heterocycles. The summed E-state index contributed by atoms with van der Waals surface area (Å²) in [5.74, 6) is -0.691. The number of phosphoric acid groups is 1. The summed E-state index contributed by atoms with van der Waals surface area (Å²) in [5.41, 5.74) is -0.624. The fourth-order valence-electron chi connectivity index (χ4n) is 2.83. The quantitative estimate of drug-likeness (QED) is 0.563. The fourth-order valence-corrected chi connectivity index (χ4v) is 3.60. The first kappa shape index (κ1) is 18.5. The van der Waals surface area contributed by atoms with Gasteiger partial charge in [-0.05, 0) is 24.3 Å². The van der Waals surface area contributed by atoms with Crippen LogP contribution in [0, 0.1) is 0 Å². The lowest BCUT2D eigenvalue weighted by molar-refractivity contribution is -0.276. The van der Waals surface area contributed by atoms with Crippen LogP contribution in [0.25, 0.3) is 0 Å². The minimum Gasteiger partial charge on any atom is -0.858 e. The molecule has 2 aliphatic heterocycles. The van der Waals surface area contributed by atoms with Gasteiger partial charge in [0, 0.05) is 13.3 Å². The van der Waals surface area contributed by atoms with E-state index >= 15 is 0 Å². The van der Waals surface area contributed by atoms with Gasteiger partial charge in [0.05, 0.1) is 13.2 Å². The summed E-state index contributed by atoms with van der Waals surface area (Å²) in [6, 6.07) is 0. The van der Waals surface area contributed by atoms with Gasteiger partial charge in [-0.25, -0.2) is 14.3 Å². The van der Waals surface area contributed by atoms with E-state index in [-0.39, 0.29) is 25.0 Å². The standard InChI is InChI=1S/C13H19N2O9P/c1-21-10-9(16)8-6-23-25(19,20)22-4-2-3-7-5-15(12(10)24-8)13(18)14-11(7)17/h5,8-10,12,16H,2-4,6H2,1H3,(H,19,20)(H,14,17,18)/p-1/t8-,9-,10-,12-/m1/s1. The van der Waals surface area contributed by atoms with E-state index in [4.69, 9.17) is 18.5 Å². The molecule has 0 amide bonds. The Hall–Kier alpha value is -1.33. The summed E-state index contributed by atoms with van der Waals surface area (Å²) in [7, 11) is -3.02. The molecular formula is C13H18N2O9P-. The van der Waals surface area contributed by atoms with Crippen molar-refractivity contribution in [2.75, 3.05) is 20.3 Å². The fraction of sp³-hybridized carbons (Fsp3) is 0.692. The Labute approximate surface area is 142 Å². The zero-order chi connectivity index (χ0) is 18.2. The molecule has 4 bridgehead atoms.